The fourth-order valence-corrected chi connectivity index (χ4v) is 4.21. The van der Waals surface area contributed by atoms with Crippen LogP contribution in [0.3, 0.4) is 0 Å². The van der Waals surface area contributed by atoms with Crippen LogP contribution in [-0.4, -0.2) is 31.5 Å². The number of aromatic nitrogens is 3. The Morgan fingerprint density at radius 1 is 0.970 bits per heavy atom. The molecule has 7 nitrogen and oxygen atoms in total. The summed E-state index contributed by atoms with van der Waals surface area (Å²) in [5, 5.41) is 22.9. The first-order chi connectivity index (χ1) is 16.2. The number of amides is 1. The van der Waals surface area contributed by atoms with E-state index in [4.69, 9.17) is 4.42 Å². The van der Waals surface area contributed by atoms with E-state index in [-0.39, 0.29) is 17.4 Å². The highest BCUT2D eigenvalue weighted by Crippen LogP contribution is 2.30. The Hall–Kier alpha value is -4.04. The van der Waals surface area contributed by atoms with Crippen molar-refractivity contribution < 1.29 is 14.3 Å². The molecule has 5 aromatic rings. The number of carbonyl (C=O) groups is 1. The first-order valence-corrected chi connectivity index (χ1v) is 11.3. The van der Waals surface area contributed by atoms with Crippen molar-refractivity contribution in [3.8, 4) is 17.3 Å². The molecule has 0 atom stereocenters. The monoisotopic (exact) mass is 456 g/mol. The highest BCUT2D eigenvalue weighted by Gasteiger charge is 2.19. The molecule has 0 aliphatic rings. The molecule has 8 heteroatoms. The molecular weight excluding hydrogens is 436 g/mol. The van der Waals surface area contributed by atoms with Gasteiger partial charge in [-0.15, -0.1) is 10.2 Å². The van der Waals surface area contributed by atoms with Crippen LogP contribution in [0.15, 0.2) is 94.5 Å². The molecule has 33 heavy (non-hydrogen) atoms. The number of phenolic OH excluding ortho intramolecular Hbond substituents is 1. The molecule has 0 unspecified atom stereocenters. The minimum atomic E-state index is -0.249. The van der Waals surface area contributed by atoms with Crippen LogP contribution in [0.2, 0.25) is 0 Å². The van der Waals surface area contributed by atoms with Gasteiger partial charge in [0.15, 0.2) is 10.9 Å². The third kappa shape index (κ3) is 4.61. The highest BCUT2D eigenvalue weighted by atomic mass is 32.2. The maximum Gasteiger partial charge on any atom is 0.234 e. The van der Waals surface area contributed by atoms with E-state index in [1.54, 1.807) is 18.2 Å². The lowest BCUT2D eigenvalue weighted by atomic mass is 10.2. The van der Waals surface area contributed by atoms with Gasteiger partial charge in [0.25, 0.3) is 0 Å². The minimum Gasteiger partial charge on any atom is -0.506 e. The van der Waals surface area contributed by atoms with Gasteiger partial charge in [-0.3, -0.25) is 9.36 Å². The average molecular weight is 457 g/mol. The van der Waals surface area contributed by atoms with Gasteiger partial charge in [-0.05, 0) is 29.8 Å². The summed E-state index contributed by atoms with van der Waals surface area (Å²) in [5.74, 6) is 1.10. The number of thioether (sulfide) groups is 1. The SMILES string of the molecule is O=C(CSc1nnc(-c2cc3ccccc3o2)n1Cc1ccccc1)Nc1ccccc1O. The number of nitrogens with zero attached hydrogens (tertiary/aromatic N) is 3. The van der Waals surface area contributed by atoms with Gasteiger partial charge in [-0.2, -0.15) is 0 Å². The van der Waals surface area contributed by atoms with E-state index in [0.717, 1.165) is 16.5 Å². The topological polar surface area (TPSA) is 93.2 Å². The summed E-state index contributed by atoms with van der Waals surface area (Å²) >= 11 is 1.28. The summed E-state index contributed by atoms with van der Waals surface area (Å²) in [7, 11) is 0. The largest absolute Gasteiger partial charge is 0.506 e. The van der Waals surface area contributed by atoms with E-state index in [0.29, 0.717) is 29.0 Å². The number of para-hydroxylation sites is 3. The van der Waals surface area contributed by atoms with Crippen molar-refractivity contribution in [1.29, 1.82) is 0 Å². The molecular formula is C25H20N4O3S. The lowest BCUT2D eigenvalue weighted by Crippen LogP contribution is -2.15. The molecule has 2 aromatic heterocycles. The molecule has 0 spiro atoms. The molecule has 0 aliphatic heterocycles. The zero-order chi connectivity index (χ0) is 22.6. The van der Waals surface area contributed by atoms with Gasteiger partial charge >= 0.3 is 0 Å². The van der Waals surface area contributed by atoms with Gasteiger partial charge in [0.05, 0.1) is 18.0 Å². The van der Waals surface area contributed by atoms with Crippen LogP contribution in [0.25, 0.3) is 22.6 Å². The van der Waals surface area contributed by atoms with Crippen LogP contribution < -0.4 is 5.32 Å². The van der Waals surface area contributed by atoms with Gasteiger partial charge in [0, 0.05) is 5.39 Å². The summed E-state index contributed by atoms with van der Waals surface area (Å²) in [6.45, 7) is 0.531. The second-order valence-corrected chi connectivity index (χ2v) is 8.32. The number of carbonyl (C=O) groups excluding carboxylic acids is 1. The van der Waals surface area contributed by atoms with E-state index in [2.05, 4.69) is 15.5 Å². The maximum atomic E-state index is 12.5. The molecule has 0 saturated carbocycles. The number of nitrogens with one attached hydrogen (secondary N) is 1. The number of phenols is 1. The fraction of sp³-hybridized carbons (Fsp3) is 0.0800. The predicted molar refractivity (Wildman–Crippen MR) is 128 cm³/mol. The second-order valence-electron chi connectivity index (χ2n) is 7.38. The summed E-state index contributed by atoms with van der Waals surface area (Å²) in [5.41, 5.74) is 2.23. The first kappa shape index (κ1) is 20.8. The molecule has 0 bridgehead atoms. The Bertz CT molecular complexity index is 1380. The number of benzene rings is 3. The number of aromatic hydroxyl groups is 1. The first-order valence-electron chi connectivity index (χ1n) is 10.3. The zero-order valence-corrected chi connectivity index (χ0v) is 18.3. The number of rotatable bonds is 7. The predicted octanol–water partition coefficient (Wildman–Crippen LogP) is 5.18. The van der Waals surface area contributed by atoms with Gasteiger partial charge in [-0.25, -0.2) is 0 Å². The number of anilines is 1. The van der Waals surface area contributed by atoms with E-state index in [1.165, 1.54) is 17.8 Å². The van der Waals surface area contributed by atoms with E-state index >= 15 is 0 Å². The lowest BCUT2D eigenvalue weighted by molar-refractivity contribution is -0.113. The third-order valence-corrected chi connectivity index (χ3v) is 6.02. The van der Waals surface area contributed by atoms with Crippen molar-refractivity contribution in [1.82, 2.24) is 14.8 Å². The molecule has 2 N–H and O–H groups in total. The van der Waals surface area contributed by atoms with Gasteiger partial charge < -0.3 is 14.8 Å². The lowest BCUT2D eigenvalue weighted by Gasteiger charge is -2.10. The third-order valence-electron chi connectivity index (χ3n) is 5.06. The Balaban J connectivity index is 1.41. The number of hydrogen-bond donors (Lipinski definition) is 2. The van der Waals surface area contributed by atoms with Crippen LogP contribution in [0.5, 0.6) is 5.75 Å². The van der Waals surface area contributed by atoms with Gasteiger partial charge in [0.1, 0.15) is 11.3 Å². The molecule has 0 aliphatic carbocycles. The van der Waals surface area contributed by atoms with Crippen molar-refractivity contribution in [2.45, 2.75) is 11.7 Å². The summed E-state index contributed by atoms with van der Waals surface area (Å²) < 4.78 is 7.97. The van der Waals surface area contributed by atoms with Crippen LogP contribution in [0, 0.1) is 0 Å². The van der Waals surface area contributed by atoms with Crippen LogP contribution >= 0.6 is 11.8 Å². The second kappa shape index (κ2) is 9.22. The van der Waals surface area contributed by atoms with Crippen molar-refractivity contribution in [3.05, 3.63) is 90.5 Å². The van der Waals surface area contributed by atoms with Crippen molar-refractivity contribution >= 4 is 34.3 Å². The highest BCUT2D eigenvalue weighted by molar-refractivity contribution is 7.99. The standard InChI is InChI=1S/C25H20N4O3S/c30-20-12-6-5-11-19(20)26-23(31)16-33-25-28-27-24(29(25)15-17-8-2-1-3-9-17)22-14-18-10-4-7-13-21(18)32-22/h1-14,30H,15-16H2,(H,26,31). The number of hydrogen-bond acceptors (Lipinski definition) is 6. The summed E-state index contributed by atoms with van der Waals surface area (Å²) in [4.78, 5) is 12.5. The quantitative estimate of drug-likeness (QED) is 0.259. The molecule has 3 aromatic carbocycles. The van der Waals surface area contributed by atoms with Crippen LogP contribution in [-0.2, 0) is 11.3 Å². The fourth-order valence-electron chi connectivity index (χ4n) is 3.47. The smallest absolute Gasteiger partial charge is 0.234 e. The Kier molecular flexibility index (Phi) is 5.82. The Morgan fingerprint density at radius 2 is 1.73 bits per heavy atom. The molecule has 1 amide bonds. The van der Waals surface area contributed by atoms with Gasteiger partial charge in [0.2, 0.25) is 11.7 Å². The van der Waals surface area contributed by atoms with Crippen LogP contribution in [0.1, 0.15) is 5.56 Å². The average Bonchev–Trinajstić information content (AvgIpc) is 3.44. The molecule has 0 radical (unpaired) electrons. The zero-order valence-electron chi connectivity index (χ0n) is 17.5. The summed E-state index contributed by atoms with van der Waals surface area (Å²) in [6.07, 6.45) is 0. The summed E-state index contributed by atoms with van der Waals surface area (Å²) in [6, 6.07) is 26.3. The van der Waals surface area contributed by atoms with E-state index in [9.17, 15) is 9.90 Å². The number of fused-ring (bicyclic) bond motifs is 1. The molecule has 5 rings (SSSR count). The molecule has 0 saturated heterocycles. The van der Waals surface area contributed by atoms with E-state index in [1.807, 2.05) is 65.2 Å². The van der Waals surface area contributed by atoms with Crippen LogP contribution in [0.4, 0.5) is 5.69 Å². The van der Waals surface area contributed by atoms with Gasteiger partial charge in [-0.1, -0.05) is 72.4 Å². The van der Waals surface area contributed by atoms with Crippen molar-refractivity contribution in [3.63, 3.8) is 0 Å². The Labute approximate surface area is 194 Å². The van der Waals surface area contributed by atoms with Crippen molar-refractivity contribution in [2.24, 2.45) is 0 Å². The normalized spacial score (nSPS) is 11.0. The molecule has 164 valence electrons. The minimum absolute atomic E-state index is 0.0234. The maximum absolute atomic E-state index is 12.5. The van der Waals surface area contributed by atoms with Crippen molar-refractivity contribution in [2.75, 3.05) is 11.1 Å². The molecule has 2 heterocycles. The number of furan rings is 1. The molecule has 0 fully saturated rings. The van der Waals surface area contributed by atoms with E-state index < -0.39 is 0 Å². The Morgan fingerprint density at radius 3 is 2.55 bits per heavy atom.